The van der Waals surface area contributed by atoms with Crippen LogP contribution in [0.25, 0.3) is 0 Å². The van der Waals surface area contributed by atoms with Gasteiger partial charge in [0.1, 0.15) is 0 Å². The summed E-state index contributed by atoms with van der Waals surface area (Å²) < 4.78 is 0. The third kappa shape index (κ3) is 4.44. The molecule has 0 bridgehead atoms. The SMILES string of the molecule is Cc1ccccc1C#CC(=O)NC1CCN(c2nc(C(C)(C)C)cs2)C1. The average Bonchev–Trinajstić information content (AvgIpc) is 3.22. The van der Waals surface area contributed by atoms with E-state index in [0.29, 0.717) is 0 Å². The van der Waals surface area contributed by atoms with E-state index >= 15 is 0 Å². The van der Waals surface area contributed by atoms with Crippen molar-refractivity contribution < 1.29 is 4.79 Å². The third-order valence-corrected chi connectivity index (χ3v) is 5.41. The minimum atomic E-state index is -0.213. The average molecular weight is 368 g/mol. The Morgan fingerprint density at radius 1 is 1.35 bits per heavy atom. The molecule has 1 fully saturated rings. The number of hydrogen-bond acceptors (Lipinski definition) is 4. The van der Waals surface area contributed by atoms with Gasteiger partial charge < -0.3 is 10.2 Å². The highest BCUT2D eigenvalue weighted by atomic mass is 32.1. The van der Waals surface area contributed by atoms with Gasteiger partial charge in [0, 0.05) is 41.4 Å². The molecule has 0 radical (unpaired) electrons. The molecule has 0 aliphatic carbocycles. The van der Waals surface area contributed by atoms with Gasteiger partial charge >= 0.3 is 0 Å². The van der Waals surface area contributed by atoms with Crippen LogP contribution in [0, 0.1) is 18.8 Å². The van der Waals surface area contributed by atoms with Gasteiger partial charge in [-0.05, 0) is 25.0 Å². The van der Waals surface area contributed by atoms with E-state index < -0.39 is 0 Å². The summed E-state index contributed by atoms with van der Waals surface area (Å²) in [4.78, 5) is 19.2. The van der Waals surface area contributed by atoms with Crippen LogP contribution in [0.2, 0.25) is 0 Å². The highest BCUT2D eigenvalue weighted by Gasteiger charge is 2.27. The maximum absolute atomic E-state index is 12.1. The summed E-state index contributed by atoms with van der Waals surface area (Å²) in [7, 11) is 0. The molecule has 5 heteroatoms. The molecule has 3 rings (SSSR count). The van der Waals surface area contributed by atoms with Gasteiger partial charge in [-0.2, -0.15) is 0 Å². The number of hydrogen-bond donors (Lipinski definition) is 1. The van der Waals surface area contributed by atoms with Crippen molar-refractivity contribution in [3.63, 3.8) is 0 Å². The Morgan fingerprint density at radius 3 is 2.81 bits per heavy atom. The lowest BCUT2D eigenvalue weighted by Gasteiger charge is -2.17. The Morgan fingerprint density at radius 2 is 2.12 bits per heavy atom. The fraction of sp³-hybridized carbons (Fsp3) is 0.429. The summed E-state index contributed by atoms with van der Waals surface area (Å²) in [5, 5.41) is 6.20. The molecule has 1 unspecified atom stereocenters. The third-order valence-electron chi connectivity index (χ3n) is 4.51. The molecule has 136 valence electrons. The molecule has 1 aliphatic heterocycles. The second kappa shape index (κ2) is 7.51. The normalized spacial score (nSPS) is 16.9. The van der Waals surface area contributed by atoms with E-state index in [1.807, 2.05) is 31.2 Å². The van der Waals surface area contributed by atoms with Crippen molar-refractivity contribution in [1.82, 2.24) is 10.3 Å². The molecular formula is C21H25N3OS. The summed E-state index contributed by atoms with van der Waals surface area (Å²) in [5.41, 5.74) is 3.16. The van der Waals surface area contributed by atoms with Gasteiger partial charge in [-0.1, -0.05) is 44.9 Å². The summed E-state index contributed by atoms with van der Waals surface area (Å²) >= 11 is 1.68. The second-order valence-corrected chi connectivity index (χ2v) is 8.57. The van der Waals surface area contributed by atoms with E-state index in [1.165, 1.54) is 0 Å². The van der Waals surface area contributed by atoms with E-state index in [2.05, 4.69) is 48.2 Å². The molecule has 0 saturated carbocycles. The number of anilines is 1. The molecular weight excluding hydrogens is 342 g/mol. The van der Waals surface area contributed by atoms with E-state index in [9.17, 15) is 4.79 Å². The van der Waals surface area contributed by atoms with Crippen LogP contribution >= 0.6 is 11.3 Å². The van der Waals surface area contributed by atoms with Crippen LogP contribution in [0.5, 0.6) is 0 Å². The Hall–Kier alpha value is -2.32. The number of rotatable bonds is 2. The fourth-order valence-corrected chi connectivity index (χ4v) is 3.95. The van der Waals surface area contributed by atoms with E-state index in [1.54, 1.807) is 11.3 Å². The molecule has 26 heavy (non-hydrogen) atoms. The van der Waals surface area contributed by atoms with E-state index in [0.717, 1.165) is 41.5 Å². The summed E-state index contributed by atoms with van der Waals surface area (Å²) in [6.45, 7) is 10.2. The van der Waals surface area contributed by atoms with Gasteiger partial charge in [0.2, 0.25) is 0 Å². The molecule has 1 saturated heterocycles. The van der Waals surface area contributed by atoms with Gasteiger partial charge in [-0.15, -0.1) is 11.3 Å². The Labute approximate surface area is 159 Å². The standard InChI is InChI=1S/C21H25N3OS/c1-15-7-5-6-8-16(15)9-10-19(25)22-17-11-12-24(13-17)20-23-18(14-26-20)21(2,3)4/h5-8,14,17H,11-13H2,1-4H3,(H,22,25). The maximum atomic E-state index is 12.1. The number of carbonyl (C=O) groups excluding carboxylic acids is 1. The van der Waals surface area contributed by atoms with Crippen LogP contribution in [-0.2, 0) is 10.2 Å². The number of amides is 1. The number of aromatic nitrogens is 1. The van der Waals surface area contributed by atoms with E-state index in [-0.39, 0.29) is 17.4 Å². The molecule has 2 heterocycles. The van der Waals surface area contributed by atoms with Crippen molar-refractivity contribution in [3.05, 3.63) is 46.5 Å². The summed E-state index contributed by atoms with van der Waals surface area (Å²) in [6.07, 6.45) is 0.919. The first kappa shape index (κ1) is 18.5. The van der Waals surface area contributed by atoms with Gasteiger partial charge in [-0.3, -0.25) is 4.79 Å². The number of nitrogens with one attached hydrogen (secondary N) is 1. The quantitative estimate of drug-likeness (QED) is 0.827. The fourth-order valence-electron chi connectivity index (χ4n) is 2.86. The highest BCUT2D eigenvalue weighted by Crippen LogP contribution is 2.30. The van der Waals surface area contributed by atoms with Crippen molar-refractivity contribution in [3.8, 4) is 11.8 Å². The van der Waals surface area contributed by atoms with Gasteiger partial charge in [-0.25, -0.2) is 4.98 Å². The minimum absolute atomic E-state index is 0.0627. The zero-order chi connectivity index (χ0) is 18.7. The monoisotopic (exact) mass is 367 g/mol. The number of aryl methyl sites for hydroxylation is 1. The summed E-state index contributed by atoms with van der Waals surface area (Å²) in [6, 6.07) is 7.95. The molecule has 2 aromatic rings. The smallest absolute Gasteiger partial charge is 0.296 e. The molecule has 1 N–H and O–H groups in total. The van der Waals surface area contributed by atoms with Crippen molar-refractivity contribution >= 4 is 22.4 Å². The number of thiazole rings is 1. The Bertz CT molecular complexity index is 854. The molecule has 1 atom stereocenters. The Balaban J connectivity index is 1.57. The number of carbonyl (C=O) groups is 1. The van der Waals surface area contributed by atoms with Crippen LogP contribution in [0.3, 0.4) is 0 Å². The lowest BCUT2D eigenvalue weighted by atomic mass is 9.93. The zero-order valence-electron chi connectivity index (χ0n) is 15.8. The molecule has 1 aromatic heterocycles. The molecule has 0 spiro atoms. The van der Waals surface area contributed by atoms with Crippen molar-refractivity contribution in [2.75, 3.05) is 18.0 Å². The van der Waals surface area contributed by atoms with Crippen molar-refractivity contribution in [2.45, 2.75) is 45.6 Å². The first-order valence-electron chi connectivity index (χ1n) is 8.92. The van der Waals surface area contributed by atoms with Gasteiger partial charge in [0.15, 0.2) is 5.13 Å². The lowest BCUT2D eigenvalue weighted by Crippen LogP contribution is -2.36. The molecule has 4 nitrogen and oxygen atoms in total. The van der Waals surface area contributed by atoms with Gasteiger partial charge in [0.05, 0.1) is 5.69 Å². The van der Waals surface area contributed by atoms with Crippen molar-refractivity contribution in [2.24, 2.45) is 0 Å². The number of nitrogens with zero attached hydrogens (tertiary/aromatic N) is 2. The Kier molecular flexibility index (Phi) is 5.33. The van der Waals surface area contributed by atoms with Crippen LogP contribution < -0.4 is 10.2 Å². The van der Waals surface area contributed by atoms with E-state index in [4.69, 9.17) is 4.98 Å². The first-order chi connectivity index (χ1) is 12.3. The summed E-state index contributed by atoms with van der Waals surface area (Å²) in [5.74, 6) is 5.46. The van der Waals surface area contributed by atoms with Crippen LogP contribution in [0.4, 0.5) is 5.13 Å². The minimum Gasteiger partial charge on any atom is -0.346 e. The predicted octanol–water partition coefficient (Wildman–Crippen LogP) is 3.50. The van der Waals surface area contributed by atoms with Crippen LogP contribution in [0.1, 0.15) is 44.0 Å². The molecule has 1 aromatic carbocycles. The van der Waals surface area contributed by atoms with Crippen LogP contribution in [0.15, 0.2) is 29.6 Å². The largest absolute Gasteiger partial charge is 0.346 e. The number of benzene rings is 1. The van der Waals surface area contributed by atoms with Gasteiger partial charge in [0.25, 0.3) is 5.91 Å². The van der Waals surface area contributed by atoms with Crippen LogP contribution in [-0.4, -0.2) is 30.0 Å². The highest BCUT2D eigenvalue weighted by molar-refractivity contribution is 7.13. The second-order valence-electron chi connectivity index (χ2n) is 7.74. The lowest BCUT2D eigenvalue weighted by molar-refractivity contribution is -0.116. The molecule has 1 aliphatic rings. The molecule has 1 amide bonds. The maximum Gasteiger partial charge on any atom is 0.296 e. The first-order valence-corrected chi connectivity index (χ1v) is 9.80. The predicted molar refractivity (Wildman–Crippen MR) is 108 cm³/mol. The van der Waals surface area contributed by atoms with Crippen molar-refractivity contribution in [1.29, 1.82) is 0 Å². The topological polar surface area (TPSA) is 45.2 Å². The zero-order valence-corrected chi connectivity index (χ0v) is 16.6.